The summed E-state index contributed by atoms with van der Waals surface area (Å²) in [4.78, 5) is 12.2. The quantitative estimate of drug-likeness (QED) is 0.616. The molecular formula is C15H20ClNO. The molecule has 0 fully saturated rings. The second-order valence-electron chi connectivity index (χ2n) is 4.64. The van der Waals surface area contributed by atoms with Crippen molar-refractivity contribution in [1.82, 2.24) is 5.32 Å². The van der Waals surface area contributed by atoms with E-state index in [2.05, 4.69) is 11.9 Å². The molecule has 1 atom stereocenters. The predicted molar refractivity (Wildman–Crippen MR) is 76.9 cm³/mol. The number of benzene rings is 1. The third kappa shape index (κ3) is 4.19. The molecule has 0 aromatic heterocycles. The molecule has 0 aliphatic rings. The van der Waals surface area contributed by atoms with Crippen molar-refractivity contribution in [3.8, 4) is 0 Å². The van der Waals surface area contributed by atoms with Gasteiger partial charge in [0.25, 0.3) is 0 Å². The summed E-state index contributed by atoms with van der Waals surface area (Å²) in [7, 11) is 0. The van der Waals surface area contributed by atoms with E-state index in [-0.39, 0.29) is 17.7 Å². The molecule has 1 rings (SSSR count). The van der Waals surface area contributed by atoms with Crippen molar-refractivity contribution >= 4 is 17.5 Å². The Morgan fingerprint density at radius 2 is 2.00 bits per heavy atom. The summed E-state index contributed by atoms with van der Waals surface area (Å²) in [5.74, 6) is 0.177. The number of carbonyl (C=O) groups excluding carboxylic acids is 1. The van der Waals surface area contributed by atoms with E-state index >= 15 is 0 Å². The van der Waals surface area contributed by atoms with Crippen LogP contribution in [0.2, 0.25) is 5.02 Å². The summed E-state index contributed by atoms with van der Waals surface area (Å²) in [6.45, 7) is 8.37. The summed E-state index contributed by atoms with van der Waals surface area (Å²) in [5, 5.41) is 3.62. The molecule has 0 spiro atoms. The Morgan fingerprint density at radius 3 is 2.50 bits per heavy atom. The fourth-order valence-electron chi connectivity index (χ4n) is 1.92. The van der Waals surface area contributed by atoms with Gasteiger partial charge in [-0.15, -0.1) is 6.58 Å². The molecule has 0 heterocycles. The van der Waals surface area contributed by atoms with Crippen LogP contribution in [0.15, 0.2) is 36.9 Å². The molecule has 3 heteroatoms. The fourth-order valence-corrected chi connectivity index (χ4v) is 2.04. The van der Waals surface area contributed by atoms with Gasteiger partial charge < -0.3 is 5.32 Å². The Labute approximate surface area is 114 Å². The highest BCUT2D eigenvalue weighted by molar-refractivity contribution is 6.30. The van der Waals surface area contributed by atoms with E-state index in [0.29, 0.717) is 11.6 Å². The molecule has 2 nitrogen and oxygen atoms in total. The lowest BCUT2D eigenvalue weighted by Crippen LogP contribution is -2.32. The zero-order chi connectivity index (χ0) is 13.5. The number of hydrogen-bond acceptors (Lipinski definition) is 1. The van der Waals surface area contributed by atoms with Crippen LogP contribution >= 0.6 is 11.6 Å². The van der Waals surface area contributed by atoms with E-state index in [0.717, 1.165) is 12.0 Å². The molecule has 98 valence electrons. The lowest BCUT2D eigenvalue weighted by atomic mass is 9.87. The summed E-state index contributed by atoms with van der Waals surface area (Å²) in [6, 6.07) is 7.48. The van der Waals surface area contributed by atoms with Gasteiger partial charge in [-0.2, -0.15) is 0 Å². The number of halogens is 1. The monoisotopic (exact) mass is 265 g/mol. The number of carbonyl (C=O) groups is 1. The minimum Gasteiger partial charge on any atom is -0.355 e. The Kier molecular flexibility index (Phi) is 5.93. The smallest absolute Gasteiger partial charge is 0.227 e. The first-order valence-corrected chi connectivity index (χ1v) is 6.58. The summed E-state index contributed by atoms with van der Waals surface area (Å²) in [6.07, 6.45) is 2.59. The first-order chi connectivity index (χ1) is 8.56. The van der Waals surface area contributed by atoms with E-state index in [1.807, 2.05) is 38.1 Å². The van der Waals surface area contributed by atoms with E-state index in [1.165, 1.54) is 0 Å². The van der Waals surface area contributed by atoms with Crippen LogP contribution in [0.3, 0.4) is 0 Å². The Hall–Kier alpha value is -1.28. The van der Waals surface area contributed by atoms with Gasteiger partial charge in [0.15, 0.2) is 0 Å². The lowest BCUT2D eigenvalue weighted by molar-refractivity contribution is -0.123. The van der Waals surface area contributed by atoms with Gasteiger partial charge in [0.1, 0.15) is 0 Å². The molecule has 1 aromatic carbocycles. The van der Waals surface area contributed by atoms with Crippen LogP contribution in [0.4, 0.5) is 0 Å². The highest BCUT2D eigenvalue weighted by Crippen LogP contribution is 2.25. The van der Waals surface area contributed by atoms with E-state index in [1.54, 1.807) is 6.08 Å². The van der Waals surface area contributed by atoms with Crippen LogP contribution in [0.5, 0.6) is 0 Å². The molecular weight excluding hydrogens is 246 g/mol. The second-order valence-corrected chi connectivity index (χ2v) is 5.08. The van der Waals surface area contributed by atoms with E-state index in [9.17, 15) is 4.79 Å². The van der Waals surface area contributed by atoms with Crippen LogP contribution in [0.25, 0.3) is 0 Å². The van der Waals surface area contributed by atoms with Gasteiger partial charge in [0.05, 0.1) is 5.92 Å². The van der Waals surface area contributed by atoms with Gasteiger partial charge in [-0.3, -0.25) is 4.79 Å². The largest absolute Gasteiger partial charge is 0.355 e. The molecule has 0 aliphatic carbocycles. The first kappa shape index (κ1) is 14.8. The van der Waals surface area contributed by atoms with Gasteiger partial charge in [-0.1, -0.05) is 43.7 Å². The van der Waals surface area contributed by atoms with Crippen molar-refractivity contribution in [2.24, 2.45) is 5.92 Å². The van der Waals surface area contributed by atoms with Crippen molar-refractivity contribution in [1.29, 1.82) is 0 Å². The molecule has 1 amide bonds. The average molecular weight is 266 g/mol. The highest BCUT2D eigenvalue weighted by Gasteiger charge is 2.23. The lowest BCUT2D eigenvalue weighted by Gasteiger charge is -2.20. The molecule has 18 heavy (non-hydrogen) atoms. The zero-order valence-corrected chi connectivity index (χ0v) is 11.7. The molecule has 0 radical (unpaired) electrons. The van der Waals surface area contributed by atoms with Crippen LogP contribution in [-0.4, -0.2) is 12.5 Å². The second kappa shape index (κ2) is 7.22. The van der Waals surface area contributed by atoms with E-state index in [4.69, 9.17) is 11.6 Å². The maximum absolute atomic E-state index is 12.2. The minimum absolute atomic E-state index is 0.0640. The van der Waals surface area contributed by atoms with Crippen LogP contribution in [-0.2, 0) is 4.79 Å². The Balaban J connectivity index is 2.79. The average Bonchev–Trinajstić information content (AvgIpc) is 2.32. The molecule has 0 bridgehead atoms. The number of rotatable bonds is 6. The highest BCUT2D eigenvalue weighted by atomic mass is 35.5. The normalized spacial score (nSPS) is 12.2. The third-order valence-corrected chi connectivity index (χ3v) is 3.08. The number of amides is 1. The van der Waals surface area contributed by atoms with Gasteiger partial charge in [-0.25, -0.2) is 0 Å². The first-order valence-electron chi connectivity index (χ1n) is 6.20. The van der Waals surface area contributed by atoms with Crippen LogP contribution in [0.1, 0.15) is 31.7 Å². The molecule has 1 aromatic rings. The number of nitrogens with one attached hydrogen (secondary N) is 1. The van der Waals surface area contributed by atoms with Crippen molar-refractivity contribution in [2.45, 2.75) is 26.2 Å². The molecule has 0 aliphatic heterocycles. The van der Waals surface area contributed by atoms with Crippen LogP contribution < -0.4 is 5.32 Å². The molecule has 0 saturated carbocycles. The summed E-state index contributed by atoms with van der Waals surface area (Å²) in [5.41, 5.74) is 1.01. The van der Waals surface area contributed by atoms with Gasteiger partial charge in [0.2, 0.25) is 5.91 Å². The van der Waals surface area contributed by atoms with Crippen molar-refractivity contribution in [2.75, 3.05) is 6.54 Å². The fraction of sp³-hybridized carbons (Fsp3) is 0.400. The predicted octanol–water partition coefficient (Wildman–Crippen LogP) is 3.77. The number of hydrogen-bond donors (Lipinski definition) is 1. The topological polar surface area (TPSA) is 29.1 Å². The Morgan fingerprint density at radius 1 is 1.39 bits per heavy atom. The van der Waals surface area contributed by atoms with Crippen molar-refractivity contribution in [3.63, 3.8) is 0 Å². The maximum atomic E-state index is 12.2. The SMILES string of the molecule is C=CCCNC(=O)C(c1ccc(Cl)cc1)C(C)C. The zero-order valence-electron chi connectivity index (χ0n) is 10.9. The van der Waals surface area contributed by atoms with Gasteiger partial charge in [-0.05, 0) is 30.0 Å². The van der Waals surface area contributed by atoms with Gasteiger partial charge >= 0.3 is 0 Å². The van der Waals surface area contributed by atoms with Crippen LogP contribution in [0, 0.1) is 5.92 Å². The Bertz CT molecular complexity index is 397. The summed E-state index contributed by atoms with van der Waals surface area (Å²) >= 11 is 5.87. The van der Waals surface area contributed by atoms with Crippen molar-refractivity contribution in [3.05, 3.63) is 47.5 Å². The van der Waals surface area contributed by atoms with Crippen molar-refractivity contribution < 1.29 is 4.79 Å². The minimum atomic E-state index is -0.132. The van der Waals surface area contributed by atoms with E-state index < -0.39 is 0 Å². The standard InChI is InChI=1S/C15H20ClNO/c1-4-5-10-17-15(18)14(11(2)3)12-6-8-13(16)9-7-12/h4,6-9,11,14H,1,5,10H2,2-3H3,(H,17,18). The summed E-state index contributed by atoms with van der Waals surface area (Å²) < 4.78 is 0. The molecule has 0 saturated heterocycles. The maximum Gasteiger partial charge on any atom is 0.227 e. The molecule has 1 N–H and O–H groups in total. The third-order valence-electron chi connectivity index (χ3n) is 2.83. The molecule has 1 unspecified atom stereocenters. The van der Waals surface area contributed by atoms with Gasteiger partial charge in [0, 0.05) is 11.6 Å².